The van der Waals surface area contributed by atoms with Crippen LogP contribution >= 0.6 is 23.4 Å². The standard InChI is InChI=1S/C21H16ClF3N2O3S2/c1-31-19-5-3-2-4-16(19)20(28)26-13-6-9-15(10-7-13)32(29,30)27-14-8-11-18(22)17(12-14)21(23,24)25/h2-12,27H,1H3,(H,26,28). The van der Waals surface area contributed by atoms with Crippen LogP contribution in [0.4, 0.5) is 24.5 Å². The van der Waals surface area contributed by atoms with Gasteiger partial charge in [0, 0.05) is 16.3 Å². The van der Waals surface area contributed by atoms with Crippen molar-refractivity contribution >= 4 is 50.7 Å². The molecule has 0 bridgehead atoms. The maximum Gasteiger partial charge on any atom is 0.417 e. The number of rotatable bonds is 6. The van der Waals surface area contributed by atoms with Crippen molar-refractivity contribution in [3.05, 3.63) is 82.9 Å². The zero-order chi connectivity index (χ0) is 23.5. The summed E-state index contributed by atoms with van der Waals surface area (Å²) >= 11 is 6.98. The molecule has 32 heavy (non-hydrogen) atoms. The number of nitrogens with one attached hydrogen (secondary N) is 2. The minimum Gasteiger partial charge on any atom is -0.322 e. The average molecular weight is 501 g/mol. The molecule has 0 fully saturated rings. The summed E-state index contributed by atoms with van der Waals surface area (Å²) in [5, 5.41) is 2.15. The molecule has 0 heterocycles. The van der Waals surface area contributed by atoms with E-state index in [9.17, 15) is 26.4 Å². The molecule has 0 aliphatic rings. The third-order valence-electron chi connectivity index (χ3n) is 4.30. The zero-order valence-electron chi connectivity index (χ0n) is 16.4. The van der Waals surface area contributed by atoms with Gasteiger partial charge in [-0.2, -0.15) is 13.2 Å². The topological polar surface area (TPSA) is 75.3 Å². The molecule has 0 aliphatic carbocycles. The van der Waals surface area contributed by atoms with E-state index in [1.54, 1.807) is 12.1 Å². The number of hydrogen-bond donors (Lipinski definition) is 2. The first kappa shape index (κ1) is 24.0. The molecule has 0 spiro atoms. The van der Waals surface area contributed by atoms with Gasteiger partial charge in [-0.1, -0.05) is 23.7 Å². The molecule has 0 saturated carbocycles. The van der Waals surface area contributed by atoms with Gasteiger partial charge in [-0.15, -0.1) is 11.8 Å². The largest absolute Gasteiger partial charge is 0.417 e. The summed E-state index contributed by atoms with van der Waals surface area (Å²) in [5.74, 6) is -0.357. The van der Waals surface area contributed by atoms with Crippen LogP contribution in [0.25, 0.3) is 0 Å². The minimum atomic E-state index is -4.73. The van der Waals surface area contributed by atoms with Crippen LogP contribution in [0.1, 0.15) is 15.9 Å². The number of amides is 1. The SMILES string of the molecule is CSc1ccccc1C(=O)Nc1ccc(S(=O)(=O)Nc2ccc(Cl)c(C(F)(F)F)c2)cc1. The third kappa shape index (κ3) is 5.56. The number of hydrogen-bond acceptors (Lipinski definition) is 4. The molecule has 11 heteroatoms. The van der Waals surface area contributed by atoms with Gasteiger partial charge in [0.25, 0.3) is 15.9 Å². The summed E-state index contributed by atoms with van der Waals surface area (Å²) in [4.78, 5) is 13.1. The predicted octanol–water partition coefficient (Wildman–Crippen LogP) is 6.13. The van der Waals surface area contributed by atoms with E-state index in [4.69, 9.17) is 11.6 Å². The van der Waals surface area contributed by atoms with E-state index < -0.39 is 26.8 Å². The van der Waals surface area contributed by atoms with Crippen molar-refractivity contribution in [1.29, 1.82) is 0 Å². The van der Waals surface area contributed by atoms with Crippen LogP contribution in [0.5, 0.6) is 0 Å². The monoisotopic (exact) mass is 500 g/mol. The fraction of sp³-hybridized carbons (Fsp3) is 0.0952. The minimum absolute atomic E-state index is 0.191. The van der Waals surface area contributed by atoms with Crippen molar-refractivity contribution in [3.8, 4) is 0 Å². The van der Waals surface area contributed by atoms with E-state index in [0.29, 0.717) is 17.3 Å². The summed E-state index contributed by atoms with van der Waals surface area (Å²) < 4.78 is 66.3. The van der Waals surface area contributed by atoms with Gasteiger partial charge in [-0.3, -0.25) is 9.52 Å². The van der Waals surface area contributed by atoms with Crippen molar-refractivity contribution in [2.45, 2.75) is 16.0 Å². The Morgan fingerprint density at radius 3 is 2.22 bits per heavy atom. The van der Waals surface area contributed by atoms with Crippen molar-refractivity contribution in [2.75, 3.05) is 16.3 Å². The van der Waals surface area contributed by atoms with Crippen LogP contribution in [0.15, 0.2) is 76.5 Å². The lowest BCUT2D eigenvalue weighted by Gasteiger charge is -2.13. The maximum absolute atomic E-state index is 13.0. The van der Waals surface area contributed by atoms with E-state index >= 15 is 0 Å². The average Bonchev–Trinajstić information content (AvgIpc) is 2.74. The second-order valence-corrected chi connectivity index (χ2v) is 9.41. The van der Waals surface area contributed by atoms with Crippen LogP contribution in [0.2, 0.25) is 5.02 Å². The Labute approximate surface area is 192 Å². The van der Waals surface area contributed by atoms with E-state index in [1.807, 2.05) is 18.4 Å². The molecule has 5 nitrogen and oxygen atoms in total. The zero-order valence-corrected chi connectivity index (χ0v) is 18.8. The van der Waals surface area contributed by atoms with E-state index in [-0.39, 0.29) is 16.5 Å². The Morgan fingerprint density at radius 2 is 1.59 bits per heavy atom. The molecule has 1 amide bonds. The van der Waals surface area contributed by atoms with Crippen LogP contribution < -0.4 is 10.0 Å². The molecule has 0 saturated heterocycles. The molecule has 0 radical (unpaired) electrons. The highest BCUT2D eigenvalue weighted by Crippen LogP contribution is 2.36. The molecule has 0 aromatic heterocycles. The lowest BCUT2D eigenvalue weighted by atomic mass is 10.2. The quantitative estimate of drug-likeness (QED) is 0.399. The summed E-state index contributed by atoms with van der Waals surface area (Å²) in [6, 6.07) is 15.0. The van der Waals surface area contributed by atoms with Crippen molar-refractivity contribution in [2.24, 2.45) is 0 Å². The van der Waals surface area contributed by atoms with Gasteiger partial charge >= 0.3 is 6.18 Å². The first-order valence-electron chi connectivity index (χ1n) is 8.95. The Hall–Kier alpha value is -2.69. The molecule has 168 valence electrons. The number of anilines is 2. The molecule has 2 N–H and O–H groups in total. The number of carbonyl (C=O) groups is 1. The number of carbonyl (C=O) groups excluding carboxylic acids is 1. The van der Waals surface area contributed by atoms with Crippen LogP contribution in [-0.4, -0.2) is 20.6 Å². The van der Waals surface area contributed by atoms with Gasteiger partial charge in [-0.25, -0.2) is 8.42 Å². The molecule has 0 unspecified atom stereocenters. The smallest absolute Gasteiger partial charge is 0.322 e. The summed E-state index contributed by atoms with van der Waals surface area (Å²) in [5.41, 5.74) is -0.604. The van der Waals surface area contributed by atoms with Gasteiger partial charge in [0.15, 0.2) is 0 Å². The number of thioether (sulfide) groups is 1. The molecular formula is C21H16ClF3N2O3S2. The van der Waals surface area contributed by atoms with Crippen molar-refractivity contribution in [3.63, 3.8) is 0 Å². The summed E-state index contributed by atoms with van der Waals surface area (Å²) in [6.07, 6.45) is -2.88. The normalized spacial score (nSPS) is 11.8. The van der Waals surface area contributed by atoms with Gasteiger partial charge in [0.1, 0.15) is 0 Å². The number of halogens is 4. The van der Waals surface area contributed by atoms with Gasteiger partial charge < -0.3 is 5.32 Å². The highest BCUT2D eigenvalue weighted by atomic mass is 35.5. The van der Waals surface area contributed by atoms with Crippen LogP contribution in [0, 0.1) is 0 Å². The van der Waals surface area contributed by atoms with Crippen LogP contribution in [0.3, 0.4) is 0 Å². The highest BCUT2D eigenvalue weighted by Gasteiger charge is 2.33. The molecule has 0 aliphatic heterocycles. The second-order valence-electron chi connectivity index (χ2n) is 6.48. The molecule has 0 atom stereocenters. The maximum atomic E-state index is 13.0. The van der Waals surface area contributed by atoms with Crippen molar-refractivity contribution < 1.29 is 26.4 Å². The fourth-order valence-corrected chi connectivity index (χ4v) is 4.64. The predicted molar refractivity (Wildman–Crippen MR) is 120 cm³/mol. The van der Waals surface area contributed by atoms with Gasteiger partial charge in [0.05, 0.1) is 21.0 Å². The van der Waals surface area contributed by atoms with E-state index in [1.165, 1.54) is 36.0 Å². The Balaban J connectivity index is 1.77. The van der Waals surface area contributed by atoms with Gasteiger partial charge in [-0.05, 0) is 60.9 Å². The first-order chi connectivity index (χ1) is 15.0. The lowest BCUT2D eigenvalue weighted by Crippen LogP contribution is -2.15. The second kappa shape index (κ2) is 9.43. The first-order valence-corrected chi connectivity index (χ1v) is 12.0. The summed E-state index contributed by atoms with van der Waals surface area (Å²) in [7, 11) is -4.17. The molecule has 3 aromatic carbocycles. The molecule has 3 aromatic rings. The third-order valence-corrected chi connectivity index (χ3v) is 6.82. The Morgan fingerprint density at radius 1 is 0.969 bits per heavy atom. The van der Waals surface area contributed by atoms with E-state index in [0.717, 1.165) is 17.0 Å². The molecule has 3 rings (SSSR count). The Bertz CT molecular complexity index is 1250. The van der Waals surface area contributed by atoms with Crippen molar-refractivity contribution in [1.82, 2.24) is 0 Å². The molecular weight excluding hydrogens is 485 g/mol. The fourth-order valence-electron chi connectivity index (χ4n) is 2.77. The number of sulfonamides is 1. The lowest BCUT2D eigenvalue weighted by molar-refractivity contribution is -0.137. The number of alkyl halides is 3. The van der Waals surface area contributed by atoms with Crippen LogP contribution in [-0.2, 0) is 16.2 Å². The van der Waals surface area contributed by atoms with E-state index in [2.05, 4.69) is 10.0 Å². The number of benzene rings is 3. The highest BCUT2D eigenvalue weighted by molar-refractivity contribution is 7.98. The van der Waals surface area contributed by atoms with Gasteiger partial charge in [0.2, 0.25) is 0 Å². The Kier molecular flexibility index (Phi) is 7.06. The summed E-state index contributed by atoms with van der Waals surface area (Å²) in [6.45, 7) is 0.